The Balaban J connectivity index is 4.57. The second-order valence-corrected chi connectivity index (χ2v) is 13.9. The lowest BCUT2D eigenvalue weighted by Crippen LogP contribution is -2.34. The van der Waals surface area contributed by atoms with E-state index in [0.29, 0.717) is 6.42 Å². The second kappa shape index (κ2) is 32.2. The second-order valence-electron chi connectivity index (χ2n) is 12.4. The fourth-order valence-corrected chi connectivity index (χ4v) is 5.63. The van der Waals surface area contributed by atoms with Crippen LogP contribution in [0, 0.1) is 0 Å². The Morgan fingerprint density at radius 2 is 1.17 bits per heavy atom. The summed E-state index contributed by atoms with van der Waals surface area (Å²) in [5.74, 6) is -2.64. The third-order valence-electron chi connectivity index (χ3n) is 7.81. The number of carboxylic acid groups (broad SMARTS) is 1. The van der Waals surface area contributed by atoms with Crippen LogP contribution in [0.4, 0.5) is 0 Å². The van der Waals surface area contributed by atoms with Crippen LogP contribution in [0.25, 0.3) is 0 Å². The van der Waals surface area contributed by atoms with E-state index < -0.39 is 51.1 Å². The van der Waals surface area contributed by atoms with E-state index in [-0.39, 0.29) is 13.0 Å². The van der Waals surface area contributed by atoms with Crippen LogP contribution in [0.15, 0.2) is 24.3 Å². The van der Waals surface area contributed by atoms with Crippen LogP contribution in [0.1, 0.15) is 155 Å². The minimum atomic E-state index is -4.73. The summed E-state index contributed by atoms with van der Waals surface area (Å²) in [5.41, 5.74) is 5.30. The third-order valence-corrected chi connectivity index (χ3v) is 8.76. The van der Waals surface area contributed by atoms with Gasteiger partial charge in [0.05, 0.1) is 13.2 Å². The summed E-state index contributed by atoms with van der Waals surface area (Å²) in [6, 6.07) is -1.53. The first-order valence-electron chi connectivity index (χ1n) is 18.4. The molecule has 0 bridgehead atoms. The van der Waals surface area contributed by atoms with Gasteiger partial charge in [-0.15, -0.1) is 0 Å². The van der Waals surface area contributed by atoms with Crippen molar-refractivity contribution in [1.29, 1.82) is 0 Å². The van der Waals surface area contributed by atoms with Gasteiger partial charge in [0.15, 0.2) is 6.10 Å². The first kappa shape index (κ1) is 46.0. The van der Waals surface area contributed by atoms with Crippen LogP contribution < -0.4 is 5.73 Å². The third kappa shape index (κ3) is 31.2. The molecule has 0 aliphatic heterocycles. The number of carbonyl (C=O) groups is 3. The molecular formula is C36H66NO10P. The van der Waals surface area contributed by atoms with E-state index in [1.54, 1.807) is 12.2 Å². The van der Waals surface area contributed by atoms with Gasteiger partial charge < -0.3 is 25.2 Å². The molecule has 0 aliphatic carbocycles. The van der Waals surface area contributed by atoms with Crippen molar-refractivity contribution in [3.63, 3.8) is 0 Å². The van der Waals surface area contributed by atoms with E-state index >= 15 is 0 Å². The maximum atomic E-state index is 12.4. The highest BCUT2D eigenvalue weighted by Crippen LogP contribution is 2.43. The molecule has 4 N–H and O–H groups in total. The van der Waals surface area contributed by atoms with Crippen LogP contribution in [-0.2, 0) is 37.5 Å². The highest BCUT2D eigenvalue weighted by atomic mass is 31.2. The van der Waals surface area contributed by atoms with E-state index in [1.807, 2.05) is 6.08 Å². The first-order chi connectivity index (χ1) is 23.1. The van der Waals surface area contributed by atoms with Gasteiger partial charge in [0.1, 0.15) is 12.6 Å². The van der Waals surface area contributed by atoms with Crippen LogP contribution in [0.2, 0.25) is 0 Å². The molecule has 0 aromatic carbocycles. The van der Waals surface area contributed by atoms with Gasteiger partial charge >= 0.3 is 25.7 Å². The number of carbonyl (C=O) groups excluding carboxylic acids is 2. The lowest BCUT2D eigenvalue weighted by Gasteiger charge is -2.19. The number of hydrogen-bond donors (Lipinski definition) is 3. The number of phosphoric ester groups is 1. The molecule has 0 aromatic heterocycles. The Kier molecular flexibility index (Phi) is 30.8. The molecule has 48 heavy (non-hydrogen) atoms. The van der Waals surface area contributed by atoms with E-state index in [0.717, 1.165) is 32.1 Å². The molecule has 11 nitrogen and oxygen atoms in total. The Bertz CT molecular complexity index is 926. The fraction of sp³-hybridized carbons (Fsp3) is 0.806. The zero-order valence-corrected chi connectivity index (χ0v) is 30.7. The number of nitrogens with two attached hydrogens (primary N) is 1. The van der Waals surface area contributed by atoms with Gasteiger partial charge in [-0.05, 0) is 19.3 Å². The number of esters is 2. The van der Waals surface area contributed by atoms with E-state index in [4.69, 9.17) is 24.8 Å². The van der Waals surface area contributed by atoms with E-state index in [1.165, 1.54) is 102 Å². The van der Waals surface area contributed by atoms with Crippen molar-refractivity contribution in [3.8, 4) is 0 Å². The number of unbranched alkanes of at least 4 members (excludes halogenated alkanes) is 19. The molecule has 280 valence electrons. The van der Waals surface area contributed by atoms with Crippen molar-refractivity contribution in [3.05, 3.63) is 24.3 Å². The molecule has 0 saturated heterocycles. The Morgan fingerprint density at radius 1 is 0.688 bits per heavy atom. The normalized spacial score (nSPS) is 14.2. The topological polar surface area (TPSA) is 172 Å². The number of aliphatic carboxylic acids is 1. The largest absolute Gasteiger partial charge is 0.480 e. The lowest BCUT2D eigenvalue weighted by atomic mass is 10.1. The molecule has 0 fully saturated rings. The SMILES string of the molecule is CCCCCCCCCCCCC/C=C/C=C/C(=O)O[C@@H](COC(=O)CCCCCCCCCCC)COP(=O)(O)OC[C@H](N)C(=O)O. The summed E-state index contributed by atoms with van der Waals surface area (Å²) < 4.78 is 32.3. The van der Waals surface area contributed by atoms with Crippen molar-refractivity contribution in [2.24, 2.45) is 5.73 Å². The predicted molar refractivity (Wildman–Crippen MR) is 189 cm³/mol. The smallest absolute Gasteiger partial charge is 0.472 e. The summed E-state index contributed by atoms with van der Waals surface area (Å²) in [4.78, 5) is 45.4. The molecule has 0 saturated carbocycles. The molecule has 0 heterocycles. The van der Waals surface area contributed by atoms with Crippen LogP contribution in [-0.4, -0.2) is 59.9 Å². The lowest BCUT2D eigenvalue weighted by molar-refractivity contribution is -0.157. The molecule has 3 atom stereocenters. The van der Waals surface area contributed by atoms with E-state index in [2.05, 4.69) is 18.4 Å². The van der Waals surface area contributed by atoms with Crippen molar-refractivity contribution >= 4 is 25.7 Å². The minimum Gasteiger partial charge on any atom is -0.480 e. The number of carboxylic acids is 1. The quantitative estimate of drug-likeness (QED) is 0.0192. The number of phosphoric acid groups is 1. The molecule has 0 rings (SSSR count). The van der Waals surface area contributed by atoms with Crippen molar-refractivity contribution < 1.29 is 47.5 Å². The highest BCUT2D eigenvalue weighted by Gasteiger charge is 2.27. The van der Waals surface area contributed by atoms with Gasteiger partial charge in [-0.25, -0.2) is 9.36 Å². The van der Waals surface area contributed by atoms with Gasteiger partial charge in [0, 0.05) is 12.5 Å². The van der Waals surface area contributed by atoms with Crippen molar-refractivity contribution in [2.75, 3.05) is 19.8 Å². The summed E-state index contributed by atoms with van der Waals surface area (Å²) in [6.45, 7) is 2.64. The average Bonchev–Trinajstić information content (AvgIpc) is 3.05. The number of allylic oxidation sites excluding steroid dienone is 3. The molecule has 0 amide bonds. The Labute approximate surface area is 290 Å². The Morgan fingerprint density at radius 3 is 1.69 bits per heavy atom. The van der Waals surface area contributed by atoms with E-state index in [9.17, 15) is 23.8 Å². The summed E-state index contributed by atoms with van der Waals surface area (Å²) in [6.07, 6.45) is 30.4. The van der Waals surface area contributed by atoms with Crippen molar-refractivity contribution in [2.45, 2.75) is 167 Å². The highest BCUT2D eigenvalue weighted by molar-refractivity contribution is 7.47. The van der Waals surface area contributed by atoms with Gasteiger partial charge in [0.25, 0.3) is 0 Å². The minimum absolute atomic E-state index is 0.204. The standard InChI is InChI=1S/C36H66NO10P/c1-3-5-7-9-11-13-14-15-16-17-18-20-22-24-26-28-35(39)47-32(30-45-48(42,43)46-31-33(37)36(40)41)29-44-34(38)27-25-23-21-19-12-10-8-6-4-2/h22,24,26,28,32-33H,3-21,23,25,27,29-31,37H2,1-2H3,(H,40,41)(H,42,43)/b24-22+,28-26+/t32-,33-/m0/s1. The summed E-state index contributed by atoms with van der Waals surface area (Å²) in [5, 5.41) is 8.83. The van der Waals surface area contributed by atoms with Gasteiger partial charge in [-0.3, -0.25) is 18.6 Å². The number of hydrogen-bond acceptors (Lipinski definition) is 9. The van der Waals surface area contributed by atoms with Crippen LogP contribution in [0.3, 0.4) is 0 Å². The Hall–Kier alpha value is -2.04. The summed E-state index contributed by atoms with van der Waals surface area (Å²) >= 11 is 0. The zero-order chi connectivity index (χ0) is 35.7. The van der Waals surface area contributed by atoms with Gasteiger partial charge in [-0.2, -0.15) is 0 Å². The number of rotatable bonds is 34. The molecule has 12 heteroatoms. The zero-order valence-electron chi connectivity index (χ0n) is 29.8. The maximum absolute atomic E-state index is 12.4. The van der Waals surface area contributed by atoms with Gasteiger partial charge in [-0.1, -0.05) is 148 Å². The summed E-state index contributed by atoms with van der Waals surface area (Å²) in [7, 11) is -4.73. The molecular weight excluding hydrogens is 637 g/mol. The van der Waals surface area contributed by atoms with Crippen LogP contribution in [0.5, 0.6) is 0 Å². The molecule has 0 aromatic rings. The predicted octanol–water partition coefficient (Wildman–Crippen LogP) is 8.72. The molecule has 0 radical (unpaired) electrons. The maximum Gasteiger partial charge on any atom is 0.472 e. The first-order valence-corrected chi connectivity index (χ1v) is 19.9. The molecule has 0 aliphatic rings. The fourth-order valence-electron chi connectivity index (χ4n) is 4.85. The van der Waals surface area contributed by atoms with Gasteiger partial charge in [0.2, 0.25) is 0 Å². The van der Waals surface area contributed by atoms with Crippen LogP contribution >= 0.6 is 7.82 Å². The number of ether oxygens (including phenoxy) is 2. The van der Waals surface area contributed by atoms with Crippen molar-refractivity contribution in [1.82, 2.24) is 0 Å². The monoisotopic (exact) mass is 703 g/mol. The average molecular weight is 704 g/mol. The molecule has 1 unspecified atom stereocenters. The molecule has 0 spiro atoms.